The van der Waals surface area contributed by atoms with Gasteiger partial charge in [-0.2, -0.15) is 0 Å². The maximum absolute atomic E-state index is 13.0. The van der Waals surface area contributed by atoms with Crippen LogP contribution in [0.4, 0.5) is 4.79 Å². The molecule has 0 radical (unpaired) electrons. The Bertz CT molecular complexity index is 1380. The number of ether oxygens (including phenoxy) is 3. The summed E-state index contributed by atoms with van der Waals surface area (Å²) in [5.74, 6) is 0.295. The monoisotopic (exact) mass is 679 g/mol. The molecule has 0 N–H and O–H groups in total. The van der Waals surface area contributed by atoms with Gasteiger partial charge in [-0.25, -0.2) is 4.79 Å². The Morgan fingerprint density at radius 1 is 1.06 bits per heavy atom. The molecular formula is C26H19BrINO6S. The Morgan fingerprint density at radius 2 is 1.78 bits per heavy atom. The number of amides is 2. The van der Waals surface area contributed by atoms with Gasteiger partial charge in [0.25, 0.3) is 11.1 Å². The number of nitrogens with zero attached hydrogens (tertiary/aromatic N) is 1. The van der Waals surface area contributed by atoms with Gasteiger partial charge < -0.3 is 14.2 Å². The van der Waals surface area contributed by atoms with Gasteiger partial charge in [-0.15, -0.1) is 0 Å². The van der Waals surface area contributed by atoms with Crippen LogP contribution in [0.5, 0.6) is 17.2 Å². The lowest BCUT2D eigenvalue weighted by atomic mass is 10.1. The van der Waals surface area contributed by atoms with E-state index in [0.717, 1.165) is 21.8 Å². The zero-order chi connectivity index (χ0) is 25.8. The van der Waals surface area contributed by atoms with Gasteiger partial charge >= 0.3 is 5.97 Å². The second kappa shape index (κ2) is 11.5. The van der Waals surface area contributed by atoms with Crippen molar-refractivity contribution in [2.24, 2.45) is 0 Å². The third-order valence-corrected chi connectivity index (χ3v) is 7.71. The molecule has 0 atom stereocenters. The molecule has 10 heteroatoms. The predicted molar refractivity (Wildman–Crippen MR) is 149 cm³/mol. The lowest BCUT2D eigenvalue weighted by molar-refractivity contribution is -0.123. The molecule has 1 heterocycles. The minimum atomic E-state index is -0.546. The van der Waals surface area contributed by atoms with E-state index < -0.39 is 5.97 Å². The van der Waals surface area contributed by atoms with Crippen molar-refractivity contribution in [2.45, 2.75) is 6.54 Å². The standard InChI is InChI=1S/C26H19BrINO6S/c1-33-18-9-7-16(8-10-18)25(31)35-23-20(28)11-15(12-21(23)34-2)13-22-24(30)29(26(32)36-22)14-17-5-3-4-6-19(17)27/h3-13H,14H2,1-2H3/b22-13-. The number of halogens is 2. The Balaban J connectivity index is 1.55. The van der Waals surface area contributed by atoms with Gasteiger partial charge in [0, 0.05) is 4.47 Å². The molecule has 1 fully saturated rings. The van der Waals surface area contributed by atoms with Gasteiger partial charge in [-0.05, 0) is 94.0 Å². The minimum absolute atomic E-state index is 0.171. The lowest BCUT2D eigenvalue weighted by Gasteiger charge is -2.14. The zero-order valence-electron chi connectivity index (χ0n) is 19.1. The maximum Gasteiger partial charge on any atom is 0.343 e. The van der Waals surface area contributed by atoms with E-state index in [-0.39, 0.29) is 23.4 Å². The number of carbonyl (C=O) groups is 3. The smallest absolute Gasteiger partial charge is 0.343 e. The van der Waals surface area contributed by atoms with E-state index in [0.29, 0.717) is 31.1 Å². The molecule has 1 aliphatic heterocycles. The molecule has 0 bridgehead atoms. The third-order valence-electron chi connectivity index (χ3n) is 5.23. The molecule has 0 aromatic heterocycles. The average molecular weight is 680 g/mol. The number of hydrogen-bond acceptors (Lipinski definition) is 7. The van der Waals surface area contributed by atoms with E-state index >= 15 is 0 Å². The summed E-state index contributed by atoms with van der Waals surface area (Å²) >= 11 is 6.37. The molecule has 7 nitrogen and oxygen atoms in total. The van der Waals surface area contributed by atoms with Crippen LogP contribution in [0.15, 0.2) is 70.0 Å². The first kappa shape index (κ1) is 26.2. The molecule has 36 heavy (non-hydrogen) atoms. The average Bonchev–Trinajstić information content (AvgIpc) is 3.13. The number of hydrogen-bond donors (Lipinski definition) is 0. The topological polar surface area (TPSA) is 82.1 Å². The number of thioether (sulfide) groups is 1. The fourth-order valence-electron chi connectivity index (χ4n) is 3.39. The molecule has 0 saturated carbocycles. The summed E-state index contributed by atoms with van der Waals surface area (Å²) in [5, 5.41) is -0.339. The Labute approximate surface area is 234 Å². The van der Waals surface area contributed by atoms with Crippen LogP contribution >= 0.6 is 50.3 Å². The van der Waals surface area contributed by atoms with E-state index in [4.69, 9.17) is 14.2 Å². The number of rotatable bonds is 7. The van der Waals surface area contributed by atoms with Crippen LogP contribution in [0, 0.1) is 3.57 Å². The maximum atomic E-state index is 13.0. The van der Waals surface area contributed by atoms with Crippen LogP contribution in [-0.4, -0.2) is 36.2 Å². The number of benzene rings is 3. The van der Waals surface area contributed by atoms with Crippen LogP contribution in [0.1, 0.15) is 21.5 Å². The van der Waals surface area contributed by atoms with E-state index in [1.165, 1.54) is 12.0 Å². The van der Waals surface area contributed by atoms with Crippen LogP contribution in [-0.2, 0) is 11.3 Å². The van der Waals surface area contributed by atoms with E-state index in [2.05, 4.69) is 15.9 Å². The fraction of sp³-hybridized carbons (Fsp3) is 0.115. The van der Waals surface area contributed by atoms with Gasteiger partial charge in [0.2, 0.25) is 0 Å². The molecular weight excluding hydrogens is 661 g/mol. The molecule has 4 rings (SSSR count). The molecule has 0 spiro atoms. The second-order valence-corrected chi connectivity index (χ2v) is 10.5. The SMILES string of the molecule is COc1ccc(C(=O)Oc2c(I)cc(/C=C3\SC(=O)N(Cc4ccccc4Br)C3=O)cc2OC)cc1. The Hall–Kier alpha value is -2.83. The number of imide groups is 1. The first-order valence-corrected chi connectivity index (χ1v) is 13.2. The zero-order valence-corrected chi connectivity index (χ0v) is 23.7. The third kappa shape index (κ3) is 5.76. The summed E-state index contributed by atoms with van der Waals surface area (Å²) in [5.41, 5.74) is 1.82. The summed E-state index contributed by atoms with van der Waals surface area (Å²) in [6.45, 7) is 0.171. The summed E-state index contributed by atoms with van der Waals surface area (Å²) in [4.78, 5) is 39.7. The van der Waals surface area contributed by atoms with Gasteiger partial charge in [0.1, 0.15) is 5.75 Å². The normalized spacial score (nSPS) is 14.3. The van der Waals surface area contributed by atoms with Crippen LogP contribution in [0.2, 0.25) is 0 Å². The first-order valence-electron chi connectivity index (χ1n) is 10.5. The highest BCUT2D eigenvalue weighted by Gasteiger charge is 2.35. The molecule has 1 saturated heterocycles. The van der Waals surface area contributed by atoms with Crippen molar-refractivity contribution in [3.8, 4) is 17.2 Å². The van der Waals surface area contributed by atoms with Crippen LogP contribution in [0.25, 0.3) is 6.08 Å². The number of carbonyl (C=O) groups excluding carboxylic acids is 3. The molecule has 184 valence electrons. The van der Waals surface area contributed by atoms with Crippen molar-refractivity contribution in [1.29, 1.82) is 0 Å². The minimum Gasteiger partial charge on any atom is -0.497 e. The van der Waals surface area contributed by atoms with Crippen molar-refractivity contribution in [3.05, 3.63) is 90.3 Å². The van der Waals surface area contributed by atoms with Crippen molar-refractivity contribution in [2.75, 3.05) is 14.2 Å². The molecule has 0 unspecified atom stereocenters. The summed E-state index contributed by atoms with van der Waals surface area (Å²) in [6.07, 6.45) is 1.63. The van der Waals surface area contributed by atoms with Crippen molar-refractivity contribution in [1.82, 2.24) is 4.90 Å². The summed E-state index contributed by atoms with van der Waals surface area (Å²) in [6, 6.07) is 17.4. The van der Waals surface area contributed by atoms with Gasteiger partial charge in [-0.1, -0.05) is 34.1 Å². The van der Waals surface area contributed by atoms with E-state index in [1.54, 1.807) is 49.6 Å². The molecule has 3 aromatic rings. The highest BCUT2D eigenvalue weighted by molar-refractivity contribution is 14.1. The van der Waals surface area contributed by atoms with Gasteiger partial charge in [0.15, 0.2) is 11.5 Å². The molecule has 2 amide bonds. The molecule has 0 aliphatic carbocycles. The van der Waals surface area contributed by atoms with Crippen molar-refractivity contribution < 1.29 is 28.6 Å². The van der Waals surface area contributed by atoms with E-state index in [1.807, 2.05) is 46.9 Å². The number of esters is 1. The lowest BCUT2D eigenvalue weighted by Crippen LogP contribution is -2.27. The van der Waals surface area contributed by atoms with E-state index in [9.17, 15) is 14.4 Å². The van der Waals surface area contributed by atoms with Gasteiger partial charge in [-0.3, -0.25) is 14.5 Å². The molecule has 3 aromatic carbocycles. The van der Waals surface area contributed by atoms with Crippen LogP contribution < -0.4 is 14.2 Å². The summed E-state index contributed by atoms with van der Waals surface area (Å²) < 4.78 is 17.6. The van der Waals surface area contributed by atoms with Gasteiger partial charge in [0.05, 0.1) is 34.8 Å². The summed E-state index contributed by atoms with van der Waals surface area (Å²) in [7, 11) is 3.01. The second-order valence-electron chi connectivity index (χ2n) is 7.51. The quantitative estimate of drug-likeness (QED) is 0.122. The fourth-order valence-corrected chi connectivity index (χ4v) is 5.37. The van der Waals surface area contributed by atoms with Crippen LogP contribution in [0.3, 0.4) is 0 Å². The van der Waals surface area contributed by atoms with Crippen molar-refractivity contribution in [3.63, 3.8) is 0 Å². The number of methoxy groups -OCH3 is 2. The first-order chi connectivity index (χ1) is 17.3. The Morgan fingerprint density at radius 3 is 2.44 bits per heavy atom. The largest absolute Gasteiger partial charge is 0.497 e. The van der Waals surface area contributed by atoms with Crippen molar-refractivity contribution >= 4 is 73.5 Å². The Kier molecular flexibility index (Phi) is 8.37. The molecule has 1 aliphatic rings. The predicted octanol–water partition coefficient (Wildman–Crippen LogP) is 6.53. The highest BCUT2D eigenvalue weighted by Crippen LogP contribution is 2.38. The highest BCUT2D eigenvalue weighted by atomic mass is 127.